The van der Waals surface area contributed by atoms with Crippen LogP contribution in [-0.2, 0) is 9.47 Å². The molecule has 2 aromatic rings. The van der Waals surface area contributed by atoms with Gasteiger partial charge in [-0.25, -0.2) is 19.6 Å². The van der Waals surface area contributed by atoms with Gasteiger partial charge in [-0.2, -0.15) is 0 Å². The number of halogens is 1. The van der Waals surface area contributed by atoms with E-state index in [2.05, 4.69) is 24.7 Å². The summed E-state index contributed by atoms with van der Waals surface area (Å²) in [6.45, 7) is 4.20. The highest BCUT2D eigenvalue weighted by molar-refractivity contribution is 14.1. The maximum Gasteiger partial charge on any atom is 0.359 e. The molecule has 0 fully saturated rings. The predicted molar refractivity (Wildman–Crippen MR) is 86.2 cm³/mol. The van der Waals surface area contributed by atoms with Gasteiger partial charge in [-0.3, -0.25) is 0 Å². The number of aromatic nitrogens is 4. The fourth-order valence-electron chi connectivity index (χ4n) is 1.29. The summed E-state index contributed by atoms with van der Waals surface area (Å²) < 4.78 is 10.1. The zero-order valence-electron chi connectivity index (χ0n) is 12.1. The van der Waals surface area contributed by atoms with Crippen LogP contribution >= 0.6 is 22.6 Å². The number of anilines is 1. The highest BCUT2D eigenvalue weighted by Crippen LogP contribution is 2.07. The third-order valence-electron chi connectivity index (χ3n) is 2.21. The van der Waals surface area contributed by atoms with Crippen molar-refractivity contribution >= 4 is 40.3 Å². The summed E-state index contributed by atoms with van der Waals surface area (Å²) in [5, 5.41) is 0. The molecular formula is C12H16IN5O4. The van der Waals surface area contributed by atoms with E-state index in [1.165, 1.54) is 12.7 Å². The average Bonchev–Trinajstić information content (AvgIpc) is 3.08. The number of imidazole rings is 2. The third-order valence-corrected chi connectivity index (χ3v) is 3.03. The fourth-order valence-corrected chi connectivity index (χ4v) is 1.79. The van der Waals surface area contributed by atoms with Crippen LogP contribution in [0.2, 0.25) is 0 Å². The lowest BCUT2D eigenvalue weighted by molar-refractivity contribution is 0.0510. The van der Waals surface area contributed by atoms with E-state index in [9.17, 15) is 9.59 Å². The van der Waals surface area contributed by atoms with Crippen molar-refractivity contribution in [2.24, 2.45) is 0 Å². The van der Waals surface area contributed by atoms with E-state index < -0.39 is 5.97 Å². The van der Waals surface area contributed by atoms with Crippen LogP contribution in [0.3, 0.4) is 0 Å². The molecule has 0 radical (unpaired) electrons. The van der Waals surface area contributed by atoms with E-state index in [1.807, 2.05) is 22.6 Å². The van der Waals surface area contributed by atoms with Crippen LogP contribution in [0.4, 0.5) is 5.82 Å². The molecule has 4 N–H and O–H groups in total. The fraction of sp³-hybridized carbons (Fsp3) is 0.333. The van der Waals surface area contributed by atoms with Gasteiger partial charge in [-0.15, -0.1) is 0 Å². The molecule has 9 nitrogen and oxygen atoms in total. The Morgan fingerprint density at radius 2 is 1.73 bits per heavy atom. The number of nitrogens with one attached hydrogen (secondary N) is 2. The summed E-state index contributed by atoms with van der Waals surface area (Å²) in [5.74, 6) is -0.677. The molecule has 10 heteroatoms. The van der Waals surface area contributed by atoms with Crippen molar-refractivity contribution in [3.8, 4) is 0 Å². The first-order chi connectivity index (χ1) is 10.5. The largest absolute Gasteiger partial charge is 0.461 e. The summed E-state index contributed by atoms with van der Waals surface area (Å²) in [6.07, 6.45) is 2.82. The smallest absolute Gasteiger partial charge is 0.359 e. The Kier molecular flexibility index (Phi) is 7.36. The molecule has 2 rings (SSSR count). The van der Waals surface area contributed by atoms with Crippen LogP contribution in [0.1, 0.15) is 34.8 Å². The minimum Gasteiger partial charge on any atom is -0.461 e. The minimum absolute atomic E-state index is 0.170. The van der Waals surface area contributed by atoms with Gasteiger partial charge >= 0.3 is 11.9 Å². The van der Waals surface area contributed by atoms with Gasteiger partial charge in [-0.05, 0) is 36.4 Å². The molecule has 2 aromatic heterocycles. The third kappa shape index (κ3) is 5.02. The van der Waals surface area contributed by atoms with Gasteiger partial charge in [0.25, 0.3) is 0 Å². The number of H-pyrrole nitrogens is 2. The summed E-state index contributed by atoms with van der Waals surface area (Å²) >= 11 is 1.99. The lowest BCUT2D eigenvalue weighted by Crippen LogP contribution is -2.07. The number of carbonyl (C=O) groups is 2. The SMILES string of the molecule is CCOC(=O)c1[nH]cnc1N.CCOC(=O)c1nc[nH]c1I. The molecular weight excluding hydrogens is 405 g/mol. The van der Waals surface area contributed by atoms with Crippen LogP contribution in [0.15, 0.2) is 12.7 Å². The molecule has 0 aliphatic carbocycles. The zero-order chi connectivity index (χ0) is 16.5. The Morgan fingerprint density at radius 3 is 2.18 bits per heavy atom. The Bertz CT molecular complexity index is 570. The van der Waals surface area contributed by atoms with Crippen LogP contribution in [0.5, 0.6) is 0 Å². The monoisotopic (exact) mass is 421 g/mol. The lowest BCUT2D eigenvalue weighted by Gasteiger charge is -1.97. The number of nitrogen functional groups attached to an aromatic ring is 1. The topological polar surface area (TPSA) is 136 Å². The number of ether oxygens (including phenoxy) is 2. The number of hydrogen-bond donors (Lipinski definition) is 3. The van der Waals surface area contributed by atoms with Crippen molar-refractivity contribution in [1.29, 1.82) is 0 Å². The predicted octanol–water partition coefficient (Wildman–Crippen LogP) is 1.36. The molecule has 0 spiro atoms. The van der Waals surface area contributed by atoms with Gasteiger partial charge < -0.3 is 25.2 Å². The molecule has 0 atom stereocenters. The van der Waals surface area contributed by atoms with Crippen molar-refractivity contribution in [3.05, 3.63) is 27.7 Å². The van der Waals surface area contributed by atoms with Gasteiger partial charge in [0.05, 0.1) is 25.9 Å². The maximum atomic E-state index is 11.0. The summed E-state index contributed by atoms with van der Waals surface area (Å²) in [5.41, 5.74) is 5.90. The van der Waals surface area contributed by atoms with Crippen molar-refractivity contribution < 1.29 is 19.1 Å². The first kappa shape index (κ1) is 17.9. The maximum absolute atomic E-state index is 11.0. The van der Waals surface area contributed by atoms with Crippen LogP contribution in [0, 0.1) is 3.70 Å². The van der Waals surface area contributed by atoms with Crippen molar-refractivity contribution in [2.75, 3.05) is 18.9 Å². The molecule has 0 bridgehead atoms. The molecule has 0 saturated carbocycles. The first-order valence-corrected chi connectivity index (χ1v) is 7.41. The number of carbonyl (C=O) groups excluding carboxylic acids is 2. The summed E-state index contributed by atoms with van der Waals surface area (Å²) in [6, 6.07) is 0. The normalized spacial score (nSPS) is 9.59. The Morgan fingerprint density at radius 1 is 1.14 bits per heavy atom. The minimum atomic E-state index is -0.470. The van der Waals surface area contributed by atoms with Crippen LogP contribution in [0.25, 0.3) is 0 Å². The molecule has 0 amide bonds. The first-order valence-electron chi connectivity index (χ1n) is 6.33. The quantitative estimate of drug-likeness (QED) is 0.501. The second-order valence-electron chi connectivity index (χ2n) is 3.67. The molecule has 0 saturated heterocycles. The van der Waals surface area contributed by atoms with E-state index >= 15 is 0 Å². The number of nitrogens with zero attached hydrogens (tertiary/aromatic N) is 2. The number of rotatable bonds is 4. The Labute approximate surface area is 140 Å². The highest BCUT2D eigenvalue weighted by atomic mass is 127. The van der Waals surface area contributed by atoms with Gasteiger partial charge in [0, 0.05) is 0 Å². The van der Waals surface area contributed by atoms with E-state index in [4.69, 9.17) is 10.5 Å². The second kappa shape index (κ2) is 9.02. The molecule has 0 aliphatic heterocycles. The van der Waals surface area contributed by atoms with E-state index in [1.54, 1.807) is 13.8 Å². The van der Waals surface area contributed by atoms with Crippen LogP contribution < -0.4 is 5.73 Å². The van der Waals surface area contributed by atoms with Crippen molar-refractivity contribution in [3.63, 3.8) is 0 Å². The van der Waals surface area contributed by atoms with Gasteiger partial charge in [0.15, 0.2) is 17.2 Å². The van der Waals surface area contributed by atoms with Gasteiger partial charge in [0.1, 0.15) is 3.70 Å². The van der Waals surface area contributed by atoms with Crippen molar-refractivity contribution in [2.45, 2.75) is 13.8 Å². The van der Waals surface area contributed by atoms with Gasteiger partial charge in [-0.1, -0.05) is 0 Å². The number of esters is 2. The summed E-state index contributed by atoms with van der Waals surface area (Å²) in [7, 11) is 0. The Balaban J connectivity index is 0.000000220. The van der Waals surface area contributed by atoms with E-state index in [-0.39, 0.29) is 17.5 Å². The molecule has 0 unspecified atom stereocenters. The molecule has 22 heavy (non-hydrogen) atoms. The number of hydrogen-bond acceptors (Lipinski definition) is 7. The van der Waals surface area contributed by atoms with E-state index in [0.717, 1.165) is 0 Å². The number of aromatic amines is 2. The standard InChI is InChI=1S/C6H7IN2O2.C6H9N3O2/c2*1-2-11-6(10)4-5(7)9-3-8-4/h3H,2H2,1H3,(H,8,9);3H,2,7H2,1H3,(H,8,9). The zero-order valence-corrected chi connectivity index (χ0v) is 14.2. The van der Waals surface area contributed by atoms with Crippen LogP contribution in [-0.4, -0.2) is 45.1 Å². The average molecular weight is 421 g/mol. The highest BCUT2D eigenvalue weighted by Gasteiger charge is 2.13. The van der Waals surface area contributed by atoms with Gasteiger partial charge in [0.2, 0.25) is 0 Å². The van der Waals surface area contributed by atoms with Crippen molar-refractivity contribution in [1.82, 2.24) is 19.9 Å². The second-order valence-corrected chi connectivity index (χ2v) is 4.75. The number of nitrogens with two attached hydrogens (primary N) is 1. The Hall–Kier alpha value is -2.11. The lowest BCUT2D eigenvalue weighted by atomic mass is 10.4. The molecule has 0 aromatic carbocycles. The van der Waals surface area contributed by atoms with E-state index in [0.29, 0.717) is 22.6 Å². The molecule has 2 heterocycles. The molecule has 120 valence electrons. The summed E-state index contributed by atoms with van der Waals surface area (Å²) in [4.78, 5) is 34.8. The molecule has 0 aliphatic rings.